The fourth-order valence-corrected chi connectivity index (χ4v) is 3.61. The Morgan fingerprint density at radius 1 is 1.08 bits per heavy atom. The second-order valence-corrected chi connectivity index (χ2v) is 6.84. The van der Waals surface area contributed by atoms with Crippen LogP contribution in [0.4, 0.5) is 5.13 Å². The van der Waals surface area contributed by atoms with Gasteiger partial charge in [-0.3, -0.25) is 9.69 Å². The van der Waals surface area contributed by atoms with E-state index in [2.05, 4.69) is 48.3 Å². The number of hydrogen-bond donors (Lipinski definition) is 0. The Hall–Kier alpha value is -2.46. The third-order valence-electron chi connectivity index (χ3n) is 4.16. The van der Waals surface area contributed by atoms with Crippen LogP contribution in [0.1, 0.15) is 24.5 Å². The van der Waals surface area contributed by atoms with Crippen LogP contribution in [0.3, 0.4) is 0 Å². The fourth-order valence-electron chi connectivity index (χ4n) is 2.69. The van der Waals surface area contributed by atoms with Crippen LogP contribution in [0.15, 0.2) is 60.0 Å². The predicted molar refractivity (Wildman–Crippen MR) is 105 cm³/mol. The predicted octanol–water partition coefficient (Wildman–Crippen LogP) is 5.10. The van der Waals surface area contributed by atoms with Crippen molar-refractivity contribution in [1.29, 1.82) is 0 Å². The highest BCUT2D eigenvalue weighted by Crippen LogP contribution is 2.28. The molecule has 0 aliphatic carbocycles. The van der Waals surface area contributed by atoms with Crippen LogP contribution in [-0.4, -0.2) is 17.4 Å². The lowest BCUT2D eigenvalue weighted by atomic mass is 10.1. The first-order chi connectivity index (χ1) is 12.2. The van der Waals surface area contributed by atoms with Crippen LogP contribution >= 0.6 is 11.3 Å². The van der Waals surface area contributed by atoms with Gasteiger partial charge in [0, 0.05) is 23.9 Å². The van der Waals surface area contributed by atoms with Crippen LogP contribution in [0.2, 0.25) is 0 Å². The Balaban J connectivity index is 1.70. The van der Waals surface area contributed by atoms with Gasteiger partial charge in [-0.15, -0.1) is 11.3 Å². The number of aryl methyl sites for hydroxylation is 2. The smallest absolute Gasteiger partial charge is 0.229 e. The molecule has 0 bridgehead atoms. The number of aromatic nitrogens is 1. The number of anilines is 1. The molecule has 0 saturated heterocycles. The molecule has 0 saturated carbocycles. The molecular formula is C21H22N2OS. The Morgan fingerprint density at radius 3 is 2.48 bits per heavy atom. The first kappa shape index (κ1) is 17.4. The minimum absolute atomic E-state index is 0.121. The van der Waals surface area contributed by atoms with Crippen molar-refractivity contribution in [3.05, 3.63) is 71.1 Å². The summed E-state index contributed by atoms with van der Waals surface area (Å²) in [6.45, 7) is 4.70. The molecule has 0 radical (unpaired) electrons. The van der Waals surface area contributed by atoms with Gasteiger partial charge in [-0.1, -0.05) is 60.2 Å². The van der Waals surface area contributed by atoms with Crippen molar-refractivity contribution in [1.82, 2.24) is 4.98 Å². The van der Waals surface area contributed by atoms with Crippen molar-refractivity contribution >= 4 is 22.4 Å². The normalized spacial score (nSPS) is 10.6. The molecule has 0 aliphatic rings. The van der Waals surface area contributed by atoms with Gasteiger partial charge in [0.1, 0.15) is 0 Å². The summed E-state index contributed by atoms with van der Waals surface area (Å²) in [4.78, 5) is 19.1. The number of thiazole rings is 1. The van der Waals surface area contributed by atoms with Crippen molar-refractivity contribution in [2.45, 2.75) is 26.7 Å². The molecule has 25 heavy (non-hydrogen) atoms. The number of carbonyl (C=O) groups is 1. The second kappa shape index (κ2) is 8.08. The van der Waals surface area contributed by atoms with Crippen molar-refractivity contribution in [3.63, 3.8) is 0 Å². The monoisotopic (exact) mass is 350 g/mol. The van der Waals surface area contributed by atoms with E-state index in [0.717, 1.165) is 22.8 Å². The summed E-state index contributed by atoms with van der Waals surface area (Å²) < 4.78 is 0. The maximum absolute atomic E-state index is 12.6. The van der Waals surface area contributed by atoms with Crippen molar-refractivity contribution in [3.8, 4) is 11.3 Å². The Morgan fingerprint density at radius 2 is 1.80 bits per heavy atom. The second-order valence-electron chi connectivity index (χ2n) is 6.00. The van der Waals surface area contributed by atoms with Gasteiger partial charge in [-0.05, 0) is 25.8 Å². The summed E-state index contributed by atoms with van der Waals surface area (Å²) in [6.07, 6.45) is 1.25. The molecule has 3 aromatic rings. The molecule has 4 heteroatoms. The van der Waals surface area contributed by atoms with E-state index in [0.29, 0.717) is 13.0 Å². The van der Waals surface area contributed by atoms with Crippen LogP contribution in [0, 0.1) is 6.92 Å². The molecule has 1 aromatic heterocycles. The first-order valence-electron chi connectivity index (χ1n) is 8.54. The minimum atomic E-state index is 0.121. The van der Waals surface area contributed by atoms with Crippen LogP contribution in [0.25, 0.3) is 11.3 Å². The Bertz CT molecular complexity index is 825. The van der Waals surface area contributed by atoms with Crippen molar-refractivity contribution < 1.29 is 4.79 Å². The van der Waals surface area contributed by atoms with Gasteiger partial charge in [0.05, 0.1) is 5.69 Å². The van der Waals surface area contributed by atoms with E-state index in [4.69, 9.17) is 0 Å². The lowest BCUT2D eigenvalue weighted by molar-refractivity contribution is -0.118. The van der Waals surface area contributed by atoms with E-state index in [1.165, 1.54) is 22.5 Å². The quantitative estimate of drug-likeness (QED) is 0.619. The number of amides is 1. The molecular weight excluding hydrogens is 328 g/mol. The Kier molecular flexibility index (Phi) is 5.61. The van der Waals surface area contributed by atoms with Crippen LogP contribution < -0.4 is 4.90 Å². The SMILES string of the molecule is CCN(C(=O)CCc1ccccc1)c1nc(-c2ccc(C)cc2)cs1. The summed E-state index contributed by atoms with van der Waals surface area (Å²) in [5.74, 6) is 0.121. The van der Waals surface area contributed by atoms with Crippen molar-refractivity contribution in [2.24, 2.45) is 0 Å². The fraction of sp³-hybridized carbons (Fsp3) is 0.238. The number of benzene rings is 2. The van der Waals surface area contributed by atoms with Gasteiger partial charge in [-0.25, -0.2) is 4.98 Å². The topological polar surface area (TPSA) is 33.2 Å². The average Bonchev–Trinajstić information content (AvgIpc) is 3.12. The van der Waals surface area contributed by atoms with Crippen molar-refractivity contribution in [2.75, 3.05) is 11.4 Å². The molecule has 2 aromatic carbocycles. The average molecular weight is 350 g/mol. The maximum Gasteiger partial charge on any atom is 0.229 e. The highest BCUT2D eigenvalue weighted by atomic mass is 32.1. The minimum Gasteiger partial charge on any atom is -0.288 e. The molecule has 1 heterocycles. The van der Waals surface area contributed by atoms with E-state index in [1.807, 2.05) is 30.5 Å². The van der Waals surface area contributed by atoms with Gasteiger partial charge in [-0.2, -0.15) is 0 Å². The molecule has 0 unspecified atom stereocenters. The number of hydrogen-bond acceptors (Lipinski definition) is 3. The summed E-state index contributed by atoms with van der Waals surface area (Å²) in [5, 5.41) is 2.80. The highest BCUT2D eigenvalue weighted by Gasteiger charge is 2.17. The maximum atomic E-state index is 12.6. The van der Waals surface area contributed by atoms with Gasteiger partial charge in [0.25, 0.3) is 0 Å². The van der Waals surface area contributed by atoms with E-state index in [-0.39, 0.29) is 5.91 Å². The van der Waals surface area contributed by atoms with Gasteiger partial charge < -0.3 is 0 Å². The summed E-state index contributed by atoms with van der Waals surface area (Å²) in [7, 11) is 0. The lowest BCUT2D eigenvalue weighted by Crippen LogP contribution is -2.30. The zero-order valence-electron chi connectivity index (χ0n) is 14.6. The van der Waals surface area contributed by atoms with E-state index >= 15 is 0 Å². The number of nitrogens with zero attached hydrogens (tertiary/aromatic N) is 2. The van der Waals surface area contributed by atoms with E-state index in [9.17, 15) is 4.79 Å². The zero-order valence-corrected chi connectivity index (χ0v) is 15.4. The molecule has 128 valence electrons. The molecule has 3 rings (SSSR count). The Labute approximate surface area is 153 Å². The molecule has 0 atom stereocenters. The highest BCUT2D eigenvalue weighted by molar-refractivity contribution is 7.14. The summed E-state index contributed by atoms with van der Waals surface area (Å²) in [6, 6.07) is 18.4. The number of carbonyl (C=O) groups excluding carboxylic acids is 1. The zero-order chi connectivity index (χ0) is 17.6. The molecule has 0 spiro atoms. The summed E-state index contributed by atoms with van der Waals surface area (Å²) in [5.41, 5.74) is 4.42. The number of rotatable bonds is 6. The molecule has 0 fully saturated rings. The van der Waals surface area contributed by atoms with Crippen LogP contribution in [0.5, 0.6) is 0 Å². The van der Waals surface area contributed by atoms with Crippen LogP contribution in [-0.2, 0) is 11.2 Å². The van der Waals surface area contributed by atoms with Gasteiger partial charge in [0.2, 0.25) is 5.91 Å². The first-order valence-corrected chi connectivity index (χ1v) is 9.42. The largest absolute Gasteiger partial charge is 0.288 e. The molecule has 1 amide bonds. The van der Waals surface area contributed by atoms with Gasteiger partial charge in [0.15, 0.2) is 5.13 Å². The summed E-state index contributed by atoms with van der Waals surface area (Å²) >= 11 is 1.53. The third kappa shape index (κ3) is 4.34. The van der Waals surface area contributed by atoms with Gasteiger partial charge >= 0.3 is 0 Å². The molecule has 0 N–H and O–H groups in total. The van der Waals surface area contributed by atoms with E-state index < -0.39 is 0 Å². The third-order valence-corrected chi connectivity index (χ3v) is 5.02. The molecule has 3 nitrogen and oxygen atoms in total. The van der Waals surface area contributed by atoms with E-state index in [1.54, 1.807) is 4.90 Å². The molecule has 0 aliphatic heterocycles. The standard InChI is InChI=1S/C21H22N2OS/c1-3-23(20(24)14-11-17-7-5-4-6-8-17)21-22-19(15-25-21)18-12-9-16(2)10-13-18/h4-10,12-13,15H,3,11,14H2,1-2H3. The lowest BCUT2D eigenvalue weighted by Gasteiger charge is -2.17.